The molecule has 170 valence electrons. The summed E-state index contributed by atoms with van der Waals surface area (Å²) >= 11 is 6.04. The molecule has 0 saturated carbocycles. The minimum absolute atomic E-state index is 0.0712. The first-order valence-electron chi connectivity index (χ1n) is 11.0. The highest BCUT2D eigenvalue weighted by atomic mass is 35.5. The van der Waals surface area contributed by atoms with Crippen molar-refractivity contribution in [1.29, 1.82) is 0 Å². The van der Waals surface area contributed by atoms with Crippen LogP contribution in [-0.4, -0.2) is 44.4 Å². The van der Waals surface area contributed by atoms with Crippen molar-refractivity contribution in [3.63, 3.8) is 0 Å². The van der Waals surface area contributed by atoms with Gasteiger partial charge < -0.3 is 25.4 Å². The third-order valence-corrected chi connectivity index (χ3v) is 6.34. The van der Waals surface area contributed by atoms with Crippen molar-refractivity contribution in [1.82, 2.24) is 5.32 Å². The summed E-state index contributed by atoms with van der Waals surface area (Å²) in [5, 5.41) is 9.30. The third-order valence-electron chi connectivity index (χ3n) is 6.09. The molecule has 0 radical (unpaired) electrons. The van der Waals surface area contributed by atoms with E-state index >= 15 is 0 Å². The zero-order valence-corrected chi connectivity index (χ0v) is 18.6. The molecule has 7 nitrogen and oxygen atoms in total. The Labute approximate surface area is 192 Å². The lowest BCUT2D eigenvalue weighted by molar-refractivity contribution is -0.125. The van der Waals surface area contributed by atoms with Gasteiger partial charge in [-0.15, -0.1) is 0 Å². The van der Waals surface area contributed by atoms with Crippen LogP contribution in [0.25, 0.3) is 0 Å². The van der Waals surface area contributed by atoms with Gasteiger partial charge in [-0.2, -0.15) is 0 Å². The molecule has 1 unspecified atom stereocenters. The predicted octanol–water partition coefficient (Wildman–Crippen LogP) is 4.33. The SMILES string of the molecule is O=C(NCC1CCCO1)Nc1ccc(NC(=O)C2(c3ccc(Cl)cc3)CCOCC2)cc1. The van der Waals surface area contributed by atoms with E-state index < -0.39 is 5.41 Å². The van der Waals surface area contributed by atoms with Crippen LogP contribution >= 0.6 is 11.6 Å². The van der Waals surface area contributed by atoms with Crippen LogP contribution in [0.4, 0.5) is 16.2 Å². The lowest BCUT2D eigenvalue weighted by atomic mass is 9.73. The molecule has 2 aliphatic heterocycles. The first-order valence-corrected chi connectivity index (χ1v) is 11.3. The number of ether oxygens (including phenoxy) is 2. The van der Waals surface area contributed by atoms with Crippen LogP contribution in [0.2, 0.25) is 5.02 Å². The number of hydrogen-bond donors (Lipinski definition) is 3. The molecule has 2 fully saturated rings. The van der Waals surface area contributed by atoms with Crippen LogP contribution < -0.4 is 16.0 Å². The number of anilines is 2. The van der Waals surface area contributed by atoms with E-state index in [1.165, 1.54) is 0 Å². The van der Waals surface area contributed by atoms with Crippen molar-refractivity contribution in [2.75, 3.05) is 37.0 Å². The summed E-state index contributed by atoms with van der Waals surface area (Å²) in [7, 11) is 0. The molecule has 0 aromatic heterocycles. The highest BCUT2D eigenvalue weighted by molar-refractivity contribution is 6.30. The summed E-state index contributed by atoms with van der Waals surface area (Å²) in [5.41, 5.74) is 1.58. The van der Waals surface area contributed by atoms with E-state index in [1.54, 1.807) is 24.3 Å². The Balaban J connectivity index is 1.37. The fourth-order valence-electron chi connectivity index (χ4n) is 4.21. The van der Waals surface area contributed by atoms with E-state index in [-0.39, 0.29) is 18.0 Å². The van der Waals surface area contributed by atoms with E-state index in [1.807, 2.05) is 24.3 Å². The summed E-state index contributed by atoms with van der Waals surface area (Å²) in [6, 6.07) is 14.3. The molecule has 3 N–H and O–H groups in total. The molecular formula is C24H28ClN3O4. The maximum Gasteiger partial charge on any atom is 0.319 e. The largest absolute Gasteiger partial charge is 0.381 e. The second-order valence-electron chi connectivity index (χ2n) is 8.20. The van der Waals surface area contributed by atoms with Crippen molar-refractivity contribution in [3.8, 4) is 0 Å². The number of carbonyl (C=O) groups is 2. The summed E-state index contributed by atoms with van der Waals surface area (Å²) in [5.74, 6) is -0.0712. The fourth-order valence-corrected chi connectivity index (χ4v) is 4.34. The number of rotatable bonds is 6. The molecule has 2 saturated heterocycles. The Kier molecular flexibility index (Phi) is 7.29. The average Bonchev–Trinajstić information content (AvgIpc) is 3.34. The van der Waals surface area contributed by atoms with Crippen LogP contribution in [0, 0.1) is 0 Å². The molecule has 2 aromatic rings. The normalized spacial score (nSPS) is 19.8. The Morgan fingerprint density at radius 2 is 1.59 bits per heavy atom. The van der Waals surface area contributed by atoms with Crippen LogP contribution in [0.3, 0.4) is 0 Å². The van der Waals surface area contributed by atoms with E-state index in [2.05, 4.69) is 16.0 Å². The van der Waals surface area contributed by atoms with Crippen molar-refractivity contribution < 1.29 is 19.1 Å². The van der Waals surface area contributed by atoms with Crippen LogP contribution in [0.15, 0.2) is 48.5 Å². The minimum Gasteiger partial charge on any atom is -0.381 e. The van der Waals surface area contributed by atoms with Gasteiger partial charge in [0, 0.05) is 42.8 Å². The van der Waals surface area contributed by atoms with Gasteiger partial charge in [0.05, 0.1) is 11.5 Å². The molecule has 0 bridgehead atoms. The molecule has 32 heavy (non-hydrogen) atoms. The minimum atomic E-state index is -0.665. The number of nitrogens with one attached hydrogen (secondary N) is 3. The number of carbonyl (C=O) groups excluding carboxylic acids is 2. The summed E-state index contributed by atoms with van der Waals surface area (Å²) < 4.78 is 11.0. The van der Waals surface area contributed by atoms with Crippen LogP contribution in [0.1, 0.15) is 31.2 Å². The van der Waals surface area contributed by atoms with Crippen LogP contribution in [0.5, 0.6) is 0 Å². The molecular weight excluding hydrogens is 430 g/mol. The predicted molar refractivity (Wildman–Crippen MR) is 124 cm³/mol. The van der Waals surface area contributed by atoms with Gasteiger partial charge in [-0.1, -0.05) is 23.7 Å². The van der Waals surface area contributed by atoms with Crippen molar-refractivity contribution in [2.45, 2.75) is 37.2 Å². The Bertz CT molecular complexity index is 921. The highest BCUT2D eigenvalue weighted by Crippen LogP contribution is 2.36. The van der Waals surface area contributed by atoms with Gasteiger partial charge in [0.1, 0.15) is 0 Å². The fraction of sp³-hybridized carbons (Fsp3) is 0.417. The van der Waals surface area contributed by atoms with Gasteiger partial charge >= 0.3 is 6.03 Å². The van der Waals surface area contributed by atoms with Crippen molar-refractivity contribution in [3.05, 3.63) is 59.1 Å². The molecule has 3 amide bonds. The first-order chi connectivity index (χ1) is 15.5. The van der Waals surface area contributed by atoms with E-state index in [0.29, 0.717) is 49.0 Å². The molecule has 1 atom stereocenters. The smallest absolute Gasteiger partial charge is 0.319 e. The third kappa shape index (κ3) is 5.41. The maximum atomic E-state index is 13.4. The van der Waals surface area contributed by atoms with Gasteiger partial charge in [-0.25, -0.2) is 4.79 Å². The van der Waals surface area contributed by atoms with E-state index in [9.17, 15) is 9.59 Å². The van der Waals surface area contributed by atoms with Gasteiger partial charge in [0.25, 0.3) is 0 Å². The second-order valence-corrected chi connectivity index (χ2v) is 8.64. The summed E-state index contributed by atoms with van der Waals surface area (Å²) in [6.07, 6.45) is 3.30. The second kappa shape index (κ2) is 10.3. The molecule has 0 aliphatic carbocycles. The maximum absolute atomic E-state index is 13.4. The summed E-state index contributed by atoms with van der Waals surface area (Å²) in [4.78, 5) is 25.4. The van der Waals surface area contributed by atoms with Gasteiger partial charge in [-0.3, -0.25) is 4.79 Å². The Morgan fingerprint density at radius 1 is 0.938 bits per heavy atom. The highest BCUT2D eigenvalue weighted by Gasteiger charge is 2.41. The van der Waals surface area contributed by atoms with Crippen LogP contribution in [-0.2, 0) is 19.7 Å². The lowest BCUT2D eigenvalue weighted by Gasteiger charge is -2.36. The summed E-state index contributed by atoms with van der Waals surface area (Å²) in [6.45, 7) is 2.31. The molecule has 4 rings (SSSR count). The lowest BCUT2D eigenvalue weighted by Crippen LogP contribution is -2.44. The van der Waals surface area contributed by atoms with Gasteiger partial charge in [-0.05, 0) is 67.6 Å². The monoisotopic (exact) mass is 457 g/mol. The van der Waals surface area contributed by atoms with Crippen molar-refractivity contribution in [2.24, 2.45) is 0 Å². The van der Waals surface area contributed by atoms with Crippen molar-refractivity contribution >= 4 is 34.9 Å². The zero-order chi connectivity index (χ0) is 22.4. The number of halogens is 1. The quantitative estimate of drug-likeness (QED) is 0.602. The zero-order valence-electron chi connectivity index (χ0n) is 17.9. The van der Waals surface area contributed by atoms with E-state index in [0.717, 1.165) is 25.0 Å². The first kappa shape index (κ1) is 22.6. The van der Waals surface area contributed by atoms with Gasteiger partial charge in [0.2, 0.25) is 5.91 Å². The Hall–Kier alpha value is -2.61. The van der Waals surface area contributed by atoms with E-state index in [4.69, 9.17) is 21.1 Å². The number of urea groups is 1. The number of benzene rings is 2. The molecule has 2 aliphatic rings. The molecule has 2 heterocycles. The standard InChI is InChI=1S/C24H28ClN3O4/c25-18-5-3-17(4-6-18)24(11-14-31-15-12-24)22(29)27-19-7-9-20(10-8-19)28-23(30)26-16-21-2-1-13-32-21/h3-10,21H,1-2,11-16H2,(H,27,29)(H2,26,28,30). The number of hydrogen-bond acceptors (Lipinski definition) is 4. The average molecular weight is 458 g/mol. The van der Waals surface area contributed by atoms with Gasteiger partial charge in [0.15, 0.2) is 0 Å². The number of amides is 3. The molecule has 0 spiro atoms. The Morgan fingerprint density at radius 3 is 2.22 bits per heavy atom. The topological polar surface area (TPSA) is 88.7 Å². The molecule has 2 aromatic carbocycles. The molecule has 8 heteroatoms.